The van der Waals surface area contributed by atoms with Crippen molar-refractivity contribution < 1.29 is 36.6 Å². The second kappa shape index (κ2) is 7.94. The third-order valence-electron chi connectivity index (χ3n) is 3.24. The first-order chi connectivity index (χ1) is 12.5. The number of rotatable bonds is 5. The Morgan fingerprint density at radius 2 is 1.74 bits per heavy atom. The fourth-order valence-electron chi connectivity index (χ4n) is 1.98. The Morgan fingerprint density at radius 1 is 1.11 bits per heavy atom. The summed E-state index contributed by atoms with van der Waals surface area (Å²) in [7, 11) is 0. The number of halogens is 4. The maximum atomic E-state index is 13.0. The Balaban J connectivity index is 1.96. The fourth-order valence-corrected chi connectivity index (χ4v) is 1.98. The minimum absolute atomic E-state index is 0.107. The maximum Gasteiger partial charge on any atom is 0.573 e. The molecule has 10 heteroatoms. The molecule has 0 aliphatic heterocycles. The summed E-state index contributed by atoms with van der Waals surface area (Å²) < 4.78 is 58.0. The average Bonchev–Trinajstić information content (AvgIpc) is 2.55. The molecule has 0 heterocycles. The molecular weight excluding hydrogens is 372 g/mol. The van der Waals surface area contributed by atoms with Gasteiger partial charge in [-0.05, 0) is 49.4 Å². The third kappa shape index (κ3) is 5.87. The van der Waals surface area contributed by atoms with Crippen molar-refractivity contribution in [1.29, 1.82) is 0 Å². The molecule has 0 saturated carbocycles. The van der Waals surface area contributed by atoms with E-state index in [0.717, 1.165) is 30.3 Å². The number of amides is 1. The van der Waals surface area contributed by atoms with Crippen molar-refractivity contribution in [2.45, 2.75) is 19.4 Å². The van der Waals surface area contributed by atoms with Gasteiger partial charge in [-0.3, -0.25) is 4.79 Å². The van der Waals surface area contributed by atoms with E-state index in [0.29, 0.717) is 0 Å². The highest BCUT2D eigenvalue weighted by Gasteiger charge is 2.31. The zero-order valence-electron chi connectivity index (χ0n) is 13.8. The molecule has 144 valence electrons. The first kappa shape index (κ1) is 20.0. The molecule has 1 atom stereocenters. The van der Waals surface area contributed by atoms with Crippen molar-refractivity contribution in [3.05, 3.63) is 53.8 Å². The molecule has 3 N–H and O–H groups in total. The van der Waals surface area contributed by atoms with E-state index in [1.807, 2.05) is 0 Å². The van der Waals surface area contributed by atoms with E-state index >= 15 is 0 Å². The Hall–Kier alpha value is -3.30. The van der Waals surface area contributed by atoms with Crippen molar-refractivity contribution in [3.8, 4) is 5.75 Å². The van der Waals surface area contributed by atoms with Gasteiger partial charge in [-0.15, -0.1) is 13.2 Å². The molecule has 0 aromatic heterocycles. The fraction of sp³-hybridized carbons (Fsp3) is 0.176. The molecule has 6 nitrogen and oxygen atoms in total. The zero-order chi connectivity index (χ0) is 20.2. The number of benzene rings is 2. The predicted octanol–water partition coefficient (Wildman–Crippen LogP) is 3.49. The molecule has 2 rings (SSSR count). The summed E-state index contributed by atoms with van der Waals surface area (Å²) in [6.07, 6.45) is -6.07. The summed E-state index contributed by atoms with van der Waals surface area (Å²) >= 11 is 0. The number of carbonyl (C=O) groups excluding carboxylic acids is 2. The van der Waals surface area contributed by atoms with Gasteiger partial charge in [-0.1, -0.05) is 0 Å². The lowest BCUT2D eigenvalue weighted by Gasteiger charge is -2.15. The largest absolute Gasteiger partial charge is 0.573 e. The number of ether oxygens (including phenoxy) is 2. The molecule has 1 unspecified atom stereocenters. The van der Waals surface area contributed by atoms with Crippen LogP contribution in [0.2, 0.25) is 0 Å². The third-order valence-corrected chi connectivity index (χ3v) is 3.24. The van der Waals surface area contributed by atoms with Gasteiger partial charge in [-0.2, -0.15) is 0 Å². The van der Waals surface area contributed by atoms with E-state index in [2.05, 4.69) is 10.1 Å². The van der Waals surface area contributed by atoms with Crippen molar-refractivity contribution in [2.24, 2.45) is 0 Å². The van der Waals surface area contributed by atoms with Crippen LogP contribution in [0.4, 0.5) is 28.9 Å². The molecule has 2 aromatic carbocycles. The van der Waals surface area contributed by atoms with E-state index < -0.39 is 35.9 Å². The minimum atomic E-state index is -4.82. The van der Waals surface area contributed by atoms with Crippen LogP contribution in [0.5, 0.6) is 5.75 Å². The van der Waals surface area contributed by atoms with E-state index in [1.165, 1.54) is 19.1 Å². The first-order valence-electron chi connectivity index (χ1n) is 7.48. The van der Waals surface area contributed by atoms with E-state index in [4.69, 9.17) is 10.5 Å². The van der Waals surface area contributed by atoms with Gasteiger partial charge in [0.15, 0.2) is 6.10 Å². The highest BCUT2D eigenvalue weighted by molar-refractivity contribution is 5.99. The van der Waals surface area contributed by atoms with Gasteiger partial charge < -0.3 is 20.5 Å². The number of hydrogen-bond acceptors (Lipinski definition) is 5. The van der Waals surface area contributed by atoms with E-state index in [-0.39, 0.29) is 16.9 Å². The minimum Gasteiger partial charge on any atom is -0.449 e. The molecule has 27 heavy (non-hydrogen) atoms. The smallest absolute Gasteiger partial charge is 0.449 e. The topological polar surface area (TPSA) is 90.7 Å². The second-order valence-corrected chi connectivity index (χ2v) is 5.34. The van der Waals surface area contributed by atoms with E-state index in [1.54, 1.807) is 0 Å². The van der Waals surface area contributed by atoms with Crippen LogP contribution in [-0.4, -0.2) is 24.3 Å². The summed E-state index contributed by atoms with van der Waals surface area (Å²) in [6, 6.07) is 7.47. The number of anilines is 2. The number of esters is 1. The number of nitrogens with one attached hydrogen (secondary N) is 1. The van der Waals surface area contributed by atoms with Crippen LogP contribution in [-0.2, 0) is 9.53 Å². The molecule has 0 aliphatic carbocycles. The highest BCUT2D eigenvalue weighted by Crippen LogP contribution is 2.24. The van der Waals surface area contributed by atoms with Crippen LogP contribution in [0.15, 0.2) is 42.5 Å². The highest BCUT2D eigenvalue weighted by atomic mass is 19.4. The molecule has 0 fully saturated rings. The molecule has 0 bridgehead atoms. The van der Waals surface area contributed by atoms with Gasteiger partial charge in [0.2, 0.25) is 0 Å². The molecule has 1 amide bonds. The van der Waals surface area contributed by atoms with Crippen LogP contribution in [0.3, 0.4) is 0 Å². The average molecular weight is 386 g/mol. The van der Waals surface area contributed by atoms with Crippen molar-refractivity contribution in [3.63, 3.8) is 0 Å². The summed E-state index contributed by atoms with van der Waals surface area (Å²) in [5.74, 6) is -2.74. The van der Waals surface area contributed by atoms with Crippen LogP contribution >= 0.6 is 0 Å². The van der Waals surface area contributed by atoms with Crippen LogP contribution in [0.1, 0.15) is 17.3 Å². The quantitative estimate of drug-likeness (QED) is 0.466. The molecule has 0 radical (unpaired) electrons. The Kier molecular flexibility index (Phi) is 5.88. The Morgan fingerprint density at radius 3 is 2.30 bits per heavy atom. The van der Waals surface area contributed by atoms with Crippen LogP contribution < -0.4 is 15.8 Å². The number of carbonyl (C=O) groups is 2. The van der Waals surface area contributed by atoms with Crippen LogP contribution in [0.25, 0.3) is 0 Å². The maximum absolute atomic E-state index is 13.0. The van der Waals surface area contributed by atoms with Gasteiger partial charge in [-0.25, -0.2) is 9.18 Å². The second-order valence-electron chi connectivity index (χ2n) is 5.34. The summed E-state index contributed by atoms with van der Waals surface area (Å²) in [5, 5.41) is 2.37. The number of nitrogens with two attached hydrogens (primary N) is 1. The molecular formula is C17H14F4N2O4. The number of alkyl halides is 3. The SMILES string of the molecule is CC(OC(=O)c1ccc(F)cc1N)C(=O)Nc1ccc(OC(F)(F)F)cc1. The van der Waals surface area contributed by atoms with E-state index in [9.17, 15) is 27.2 Å². The normalized spacial score (nSPS) is 12.2. The standard InChI is InChI=1S/C17H14F4N2O4/c1-9(26-16(25)13-7-2-10(18)8-14(13)22)15(24)23-11-3-5-12(6-4-11)27-17(19,20)21/h2-9H,22H2,1H3,(H,23,24). The van der Waals surface area contributed by atoms with Gasteiger partial charge >= 0.3 is 12.3 Å². The molecule has 0 saturated heterocycles. The monoisotopic (exact) mass is 386 g/mol. The lowest BCUT2D eigenvalue weighted by Crippen LogP contribution is -2.30. The predicted molar refractivity (Wildman–Crippen MR) is 87.4 cm³/mol. The Bertz CT molecular complexity index is 838. The van der Waals surface area contributed by atoms with Crippen molar-refractivity contribution in [1.82, 2.24) is 0 Å². The zero-order valence-corrected chi connectivity index (χ0v) is 13.8. The molecule has 0 spiro atoms. The van der Waals surface area contributed by atoms with Gasteiger partial charge in [0, 0.05) is 11.4 Å². The van der Waals surface area contributed by atoms with Crippen molar-refractivity contribution >= 4 is 23.3 Å². The van der Waals surface area contributed by atoms with Gasteiger partial charge in [0.25, 0.3) is 5.91 Å². The molecule has 2 aromatic rings. The molecule has 0 aliphatic rings. The lowest BCUT2D eigenvalue weighted by atomic mass is 10.2. The number of hydrogen-bond donors (Lipinski definition) is 2. The summed E-state index contributed by atoms with van der Waals surface area (Å²) in [6.45, 7) is 1.29. The van der Waals surface area contributed by atoms with Gasteiger partial charge in [0.1, 0.15) is 11.6 Å². The number of nitrogen functional groups attached to an aromatic ring is 1. The van der Waals surface area contributed by atoms with Crippen LogP contribution in [0, 0.1) is 5.82 Å². The summed E-state index contributed by atoms with van der Waals surface area (Å²) in [5.41, 5.74) is 5.44. The lowest BCUT2D eigenvalue weighted by molar-refractivity contribution is -0.274. The Labute approximate surface area is 150 Å². The van der Waals surface area contributed by atoms with Gasteiger partial charge in [0.05, 0.1) is 5.56 Å². The van der Waals surface area contributed by atoms with Crippen molar-refractivity contribution in [2.75, 3.05) is 11.1 Å². The first-order valence-corrected chi connectivity index (χ1v) is 7.48. The summed E-state index contributed by atoms with van der Waals surface area (Å²) in [4.78, 5) is 24.0.